The van der Waals surface area contributed by atoms with Crippen molar-refractivity contribution in [3.05, 3.63) is 12.2 Å². The van der Waals surface area contributed by atoms with E-state index in [9.17, 15) is 0 Å². The highest BCUT2D eigenvalue weighted by atomic mass is 16.6. The highest BCUT2D eigenvalue weighted by Gasteiger charge is 2.18. The fourth-order valence-corrected chi connectivity index (χ4v) is 1.05. The van der Waals surface area contributed by atoms with E-state index in [0.29, 0.717) is 0 Å². The van der Waals surface area contributed by atoms with Gasteiger partial charge in [0.15, 0.2) is 0 Å². The van der Waals surface area contributed by atoms with E-state index in [0.717, 1.165) is 13.2 Å². The van der Waals surface area contributed by atoms with Gasteiger partial charge in [0.05, 0.1) is 19.3 Å². The second kappa shape index (κ2) is 3.74. The Bertz CT molecular complexity index is 120. The van der Waals surface area contributed by atoms with E-state index < -0.39 is 0 Å². The van der Waals surface area contributed by atoms with Crippen LogP contribution in [0.5, 0.6) is 0 Å². The van der Waals surface area contributed by atoms with Gasteiger partial charge in [-0.25, -0.2) is 0 Å². The Balaban J connectivity index is 2.39. The maximum atomic E-state index is 5.42. The van der Waals surface area contributed by atoms with E-state index in [1.165, 1.54) is 0 Å². The molecule has 0 spiro atoms. The Morgan fingerprint density at radius 1 is 1.30 bits per heavy atom. The number of rotatable bonds is 1. The average molecular weight is 142 g/mol. The first-order valence-electron chi connectivity index (χ1n) is 3.70. The van der Waals surface area contributed by atoms with Crippen LogP contribution < -0.4 is 0 Å². The van der Waals surface area contributed by atoms with Crippen molar-refractivity contribution in [2.24, 2.45) is 0 Å². The normalized spacial score (nSPS) is 35.0. The van der Waals surface area contributed by atoms with Crippen LogP contribution in [0.1, 0.15) is 13.8 Å². The van der Waals surface area contributed by atoms with Gasteiger partial charge in [-0.15, -0.1) is 0 Å². The van der Waals surface area contributed by atoms with Gasteiger partial charge in [0.25, 0.3) is 0 Å². The topological polar surface area (TPSA) is 18.5 Å². The zero-order valence-corrected chi connectivity index (χ0v) is 6.54. The third kappa shape index (κ3) is 1.82. The maximum Gasteiger partial charge on any atom is 0.102 e. The van der Waals surface area contributed by atoms with Crippen molar-refractivity contribution >= 4 is 0 Å². The van der Waals surface area contributed by atoms with Crippen LogP contribution in [0.3, 0.4) is 0 Å². The van der Waals surface area contributed by atoms with Gasteiger partial charge >= 0.3 is 0 Å². The van der Waals surface area contributed by atoms with Crippen LogP contribution in [0, 0.1) is 0 Å². The first-order valence-corrected chi connectivity index (χ1v) is 3.70. The summed E-state index contributed by atoms with van der Waals surface area (Å²) in [5, 5.41) is 0. The maximum absolute atomic E-state index is 5.42. The Morgan fingerprint density at radius 3 is 2.60 bits per heavy atom. The van der Waals surface area contributed by atoms with E-state index >= 15 is 0 Å². The molecule has 1 aliphatic heterocycles. The highest BCUT2D eigenvalue weighted by molar-refractivity contribution is 4.91. The summed E-state index contributed by atoms with van der Waals surface area (Å²) >= 11 is 0. The monoisotopic (exact) mass is 142 g/mol. The van der Waals surface area contributed by atoms with Gasteiger partial charge in [0.1, 0.15) is 6.10 Å². The fraction of sp³-hybridized carbons (Fsp3) is 0.750. The Morgan fingerprint density at radius 2 is 2.00 bits per heavy atom. The molecule has 1 rings (SSSR count). The number of allylic oxidation sites excluding steroid dienone is 1. The molecular formula is C8H14O2. The van der Waals surface area contributed by atoms with Crippen LogP contribution in [-0.2, 0) is 9.47 Å². The SMILES string of the molecule is CC=CC1OCCOC1C. The molecular weight excluding hydrogens is 128 g/mol. The smallest absolute Gasteiger partial charge is 0.102 e. The molecule has 1 saturated heterocycles. The molecule has 0 aromatic heterocycles. The summed E-state index contributed by atoms with van der Waals surface area (Å²) in [5.41, 5.74) is 0. The lowest BCUT2D eigenvalue weighted by molar-refractivity contribution is -0.113. The second-order valence-electron chi connectivity index (χ2n) is 2.44. The molecule has 0 aromatic carbocycles. The number of hydrogen-bond acceptors (Lipinski definition) is 2. The molecule has 1 fully saturated rings. The van der Waals surface area contributed by atoms with Crippen molar-refractivity contribution in [1.82, 2.24) is 0 Å². The summed E-state index contributed by atoms with van der Waals surface area (Å²) in [7, 11) is 0. The fourth-order valence-electron chi connectivity index (χ4n) is 1.05. The molecule has 58 valence electrons. The largest absolute Gasteiger partial charge is 0.373 e. The lowest BCUT2D eigenvalue weighted by Gasteiger charge is -2.26. The summed E-state index contributed by atoms with van der Waals surface area (Å²) in [6, 6.07) is 0. The molecule has 0 amide bonds. The number of ether oxygens (including phenoxy) is 2. The van der Waals surface area contributed by atoms with Crippen LogP contribution in [0.4, 0.5) is 0 Å². The molecule has 1 aliphatic rings. The van der Waals surface area contributed by atoms with Crippen LogP contribution >= 0.6 is 0 Å². The average Bonchev–Trinajstić information content (AvgIpc) is 1.94. The van der Waals surface area contributed by atoms with Crippen LogP contribution in [-0.4, -0.2) is 25.4 Å². The summed E-state index contributed by atoms with van der Waals surface area (Å²) in [6.45, 7) is 5.48. The zero-order chi connectivity index (χ0) is 7.40. The molecule has 1 heterocycles. The minimum absolute atomic E-state index is 0.166. The predicted molar refractivity (Wildman–Crippen MR) is 40.0 cm³/mol. The third-order valence-electron chi connectivity index (χ3n) is 1.62. The predicted octanol–water partition coefficient (Wildman–Crippen LogP) is 1.37. The molecule has 0 N–H and O–H groups in total. The van der Waals surface area contributed by atoms with E-state index in [1.54, 1.807) is 0 Å². The summed E-state index contributed by atoms with van der Waals surface area (Å²) in [6.07, 6.45) is 4.41. The zero-order valence-electron chi connectivity index (χ0n) is 6.54. The van der Waals surface area contributed by atoms with Crippen molar-refractivity contribution in [2.45, 2.75) is 26.1 Å². The molecule has 0 aromatic rings. The van der Waals surface area contributed by atoms with Crippen molar-refractivity contribution in [1.29, 1.82) is 0 Å². The molecule has 0 radical (unpaired) electrons. The molecule has 2 unspecified atom stereocenters. The Hall–Kier alpha value is -0.340. The lowest BCUT2D eigenvalue weighted by atomic mass is 10.2. The first kappa shape index (κ1) is 7.76. The van der Waals surface area contributed by atoms with Crippen LogP contribution in [0.25, 0.3) is 0 Å². The van der Waals surface area contributed by atoms with Crippen molar-refractivity contribution in [3.8, 4) is 0 Å². The molecule has 2 heteroatoms. The van der Waals surface area contributed by atoms with Crippen molar-refractivity contribution < 1.29 is 9.47 Å². The van der Waals surface area contributed by atoms with Gasteiger partial charge in [-0.1, -0.05) is 12.2 Å². The van der Waals surface area contributed by atoms with Gasteiger partial charge in [-0.2, -0.15) is 0 Å². The molecule has 2 nitrogen and oxygen atoms in total. The van der Waals surface area contributed by atoms with E-state index in [-0.39, 0.29) is 12.2 Å². The van der Waals surface area contributed by atoms with Gasteiger partial charge in [0.2, 0.25) is 0 Å². The van der Waals surface area contributed by atoms with E-state index in [4.69, 9.17) is 9.47 Å². The molecule has 10 heavy (non-hydrogen) atoms. The lowest BCUT2D eigenvalue weighted by Crippen LogP contribution is -2.34. The van der Waals surface area contributed by atoms with Crippen molar-refractivity contribution in [2.75, 3.05) is 13.2 Å². The van der Waals surface area contributed by atoms with Crippen LogP contribution in [0.15, 0.2) is 12.2 Å². The summed E-state index contributed by atoms with van der Waals surface area (Å²) in [5.74, 6) is 0. The van der Waals surface area contributed by atoms with Gasteiger partial charge < -0.3 is 9.47 Å². The Labute approximate surface area is 61.8 Å². The van der Waals surface area contributed by atoms with E-state index in [1.807, 2.05) is 26.0 Å². The molecule has 0 bridgehead atoms. The van der Waals surface area contributed by atoms with Crippen molar-refractivity contribution in [3.63, 3.8) is 0 Å². The minimum atomic E-state index is 0.166. The van der Waals surface area contributed by atoms with E-state index in [2.05, 4.69) is 0 Å². The summed E-state index contributed by atoms with van der Waals surface area (Å²) in [4.78, 5) is 0. The van der Waals surface area contributed by atoms with Gasteiger partial charge in [-0.05, 0) is 13.8 Å². The number of hydrogen-bond donors (Lipinski definition) is 0. The van der Waals surface area contributed by atoms with Gasteiger partial charge in [-0.3, -0.25) is 0 Å². The van der Waals surface area contributed by atoms with Crippen LogP contribution in [0.2, 0.25) is 0 Å². The quantitative estimate of drug-likeness (QED) is 0.515. The molecule has 0 saturated carbocycles. The molecule has 0 aliphatic carbocycles. The summed E-state index contributed by atoms with van der Waals surface area (Å²) < 4.78 is 10.8. The second-order valence-corrected chi connectivity index (χ2v) is 2.44. The molecule has 2 atom stereocenters. The Kier molecular flexibility index (Phi) is 2.90. The first-order chi connectivity index (χ1) is 4.84. The standard InChI is InChI=1S/C8H14O2/c1-3-4-8-7(2)9-5-6-10-8/h3-4,7-8H,5-6H2,1-2H3. The highest BCUT2D eigenvalue weighted by Crippen LogP contribution is 2.10. The minimum Gasteiger partial charge on any atom is -0.373 e. The third-order valence-corrected chi connectivity index (χ3v) is 1.62. The van der Waals surface area contributed by atoms with Gasteiger partial charge in [0, 0.05) is 0 Å².